The van der Waals surface area contributed by atoms with Gasteiger partial charge in [-0.05, 0) is 96.5 Å². The summed E-state index contributed by atoms with van der Waals surface area (Å²) in [6.45, 7) is 21.8. The number of benzene rings is 8. The van der Waals surface area contributed by atoms with Gasteiger partial charge in [0, 0.05) is 48.7 Å². The molecule has 4 fully saturated rings. The second kappa shape index (κ2) is 64.3. The van der Waals surface area contributed by atoms with Gasteiger partial charge in [-0.3, -0.25) is 0 Å². The molecule has 0 saturated carbocycles. The van der Waals surface area contributed by atoms with Crippen molar-refractivity contribution in [3.8, 4) is 67.3 Å². The molecule has 8 aromatic carbocycles. The first-order chi connectivity index (χ1) is 59.8. The number of nitrogens with one attached hydrogen (secondary N) is 4. The van der Waals surface area contributed by atoms with Gasteiger partial charge >= 0.3 is 14.5 Å². The summed E-state index contributed by atoms with van der Waals surface area (Å²) in [5.41, 5.74) is 16.4. The molecule has 22 nitrogen and oxygen atoms in total. The highest BCUT2D eigenvalue weighted by Gasteiger charge is 2.24. The van der Waals surface area contributed by atoms with Crippen LogP contribution in [-0.2, 0) is 85.3 Å². The smallest absolute Gasteiger partial charge is 0.418 e. The average molecular weight is 1720 g/mol. The number of aromatic amines is 4. The zero-order chi connectivity index (χ0) is 86.1. The number of H-pyrrole nitrogens is 4. The lowest BCUT2D eigenvalue weighted by atomic mass is 9.98. The van der Waals surface area contributed by atoms with Crippen molar-refractivity contribution in [1.82, 2.24) is 9.97 Å². The van der Waals surface area contributed by atoms with Gasteiger partial charge in [0.25, 0.3) is 11.6 Å². The number of aromatic nitrogens is 4. The zero-order valence-corrected chi connectivity index (χ0v) is 69.4. The molecule has 4 aliphatic rings. The SMILES string of the molecule is C1CCOC1.C1CCOC1.C1COCCOCCOCCOCCOCCOCCOCCO1.C1COCCOCCOCCOCCOCCOCCOCCO1.F[B-](F)(F)F.F[B-](F)(F)F.c1ccc(-c2[nH]c3c(-c4ccccc4)ccc(-c4ccccc4)c3[nH+]2)cc1.c1ccc(-c2[nH]c3c(-c4ccccc4)ccc(-c4ccccc4)c3[nH+]2)cc1. The quantitative estimate of drug-likeness (QED) is 0.117. The standard InChI is InChI=1S/2C25H18N2.2C16H32O8.2C4H8O.2BF4/c2*1-4-10-18(11-5-1)21-16-17-22(19-12-6-2-7-13-19)24-23(21)26-25(27-24)20-14-8-3-9-15-20;2*1-2-18-5-6-20-9-10-22-13-14-24-16-15-23-12-11-21-8-7-19-4-3-17-1;2*1-2-4-5-3-1;2*2-1(3,4)5/h2*1-17H,(H,26,27);2*1-16H2;2*1-4H2;;/q;;;;;;2*-1/p+2. The maximum absolute atomic E-state index is 9.75. The lowest BCUT2D eigenvalue weighted by Gasteiger charge is -2.09. The lowest BCUT2D eigenvalue weighted by molar-refractivity contribution is -0.330. The van der Waals surface area contributed by atoms with Crippen LogP contribution in [0.2, 0.25) is 0 Å². The minimum atomic E-state index is -6.00. The average Bonchev–Trinajstić information content (AvgIpc) is 1.61. The van der Waals surface area contributed by atoms with E-state index in [4.69, 9.17) is 85.3 Å². The highest BCUT2D eigenvalue weighted by Crippen LogP contribution is 2.36. The Bertz CT molecular complexity index is 3510. The Balaban J connectivity index is 0.000000207. The number of ether oxygens (including phenoxy) is 18. The highest BCUT2D eigenvalue weighted by molar-refractivity contribution is 6.50. The maximum atomic E-state index is 9.75. The third-order valence-electron chi connectivity index (χ3n) is 17.5. The largest absolute Gasteiger partial charge is 0.673 e. The molecule has 32 heteroatoms. The summed E-state index contributed by atoms with van der Waals surface area (Å²) >= 11 is 0. The van der Waals surface area contributed by atoms with Crippen LogP contribution < -0.4 is 9.97 Å². The fourth-order valence-corrected chi connectivity index (χ4v) is 11.8. The van der Waals surface area contributed by atoms with E-state index in [1.165, 1.54) is 70.2 Å². The van der Waals surface area contributed by atoms with Gasteiger partial charge in [0.1, 0.15) is 0 Å². The Hall–Kier alpha value is -8.45. The van der Waals surface area contributed by atoms with Gasteiger partial charge < -0.3 is 120 Å². The molecule has 0 aliphatic carbocycles. The van der Waals surface area contributed by atoms with E-state index < -0.39 is 14.5 Å². The van der Waals surface area contributed by atoms with Crippen LogP contribution in [0.4, 0.5) is 34.5 Å². The van der Waals surface area contributed by atoms with Crippen LogP contribution in [-0.4, -0.2) is 262 Å². The van der Waals surface area contributed by atoms with Crippen molar-refractivity contribution >= 4 is 36.6 Å². The normalized spacial score (nSPS) is 17.2. The summed E-state index contributed by atoms with van der Waals surface area (Å²) in [4.78, 5) is 14.5. The van der Waals surface area contributed by atoms with Gasteiger partial charge in [0.05, 0.1) is 223 Å². The first-order valence-electron chi connectivity index (χ1n) is 41.4. The fourth-order valence-electron chi connectivity index (χ4n) is 11.8. The Labute approximate surface area is 710 Å². The van der Waals surface area contributed by atoms with Gasteiger partial charge in [-0.1, -0.05) is 158 Å². The predicted molar refractivity (Wildman–Crippen MR) is 456 cm³/mol. The monoisotopic (exact) mass is 1720 g/mol. The molecule has 6 heterocycles. The molecule has 4 N–H and O–H groups in total. The third kappa shape index (κ3) is 46.3. The molecule has 0 spiro atoms. The van der Waals surface area contributed by atoms with Crippen LogP contribution in [0.25, 0.3) is 89.4 Å². The molecule has 4 aliphatic heterocycles. The van der Waals surface area contributed by atoms with E-state index in [1.807, 2.05) is 12.1 Å². The summed E-state index contributed by atoms with van der Waals surface area (Å²) in [5, 5.41) is 0. The minimum Gasteiger partial charge on any atom is -0.418 e. The summed E-state index contributed by atoms with van der Waals surface area (Å²) < 4.78 is 174. The van der Waals surface area contributed by atoms with E-state index in [1.54, 1.807) is 0 Å². The summed E-state index contributed by atoms with van der Waals surface area (Å²) in [5.74, 6) is 2.04. The van der Waals surface area contributed by atoms with E-state index in [9.17, 15) is 34.5 Å². The zero-order valence-electron chi connectivity index (χ0n) is 69.4. The van der Waals surface area contributed by atoms with Crippen molar-refractivity contribution < 1.29 is 130 Å². The first kappa shape index (κ1) is 101. The number of hydrogen-bond donors (Lipinski definition) is 2. The molecule has 122 heavy (non-hydrogen) atoms. The van der Waals surface area contributed by atoms with Crippen LogP contribution in [0, 0.1) is 0 Å². The molecular formula is C90H118B2F8N4O18. The van der Waals surface area contributed by atoms with Gasteiger partial charge in [-0.15, -0.1) is 0 Å². The van der Waals surface area contributed by atoms with E-state index in [0.717, 1.165) is 71.3 Å². The first-order valence-corrected chi connectivity index (χ1v) is 41.4. The molecule has 10 aromatic rings. The Kier molecular flexibility index (Phi) is 53.1. The van der Waals surface area contributed by atoms with Crippen LogP contribution in [0.15, 0.2) is 206 Å². The summed E-state index contributed by atoms with van der Waals surface area (Å²) in [6.07, 6.45) is 5.11. The number of imidazole rings is 2. The van der Waals surface area contributed by atoms with Crippen LogP contribution in [0.5, 0.6) is 0 Å². The molecule has 668 valence electrons. The number of fused-ring (bicyclic) bond motifs is 2. The minimum absolute atomic E-state index is 0.556. The van der Waals surface area contributed by atoms with Crippen LogP contribution in [0.1, 0.15) is 25.7 Å². The molecule has 2 aromatic heterocycles. The Morgan fingerprint density at radius 3 is 0.475 bits per heavy atom. The topological polar surface area (TPSA) is 226 Å². The number of halogens is 8. The molecule has 0 radical (unpaired) electrons. The molecule has 0 amide bonds. The number of hydrogen-bond acceptors (Lipinski definition) is 18. The molecule has 14 rings (SSSR count). The number of rotatable bonds is 6. The molecular weight excluding hydrogens is 1600 g/mol. The van der Waals surface area contributed by atoms with Crippen molar-refractivity contribution in [2.75, 3.05) is 238 Å². The fraction of sp³-hybridized carbons (Fsp3) is 0.444. The van der Waals surface area contributed by atoms with E-state index in [-0.39, 0.29) is 0 Å². The maximum Gasteiger partial charge on any atom is 0.673 e. The van der Waals surface area contributed by atoms with Gasteiger partial charge in [-0.2, -0.15) is 0 Å². The Morgan fingerprint density at radius 1 is 0.180 bits per heavy atom. The van der Waals surface area contributed by atoms with Gasteiger partial charge in [0.15, 0.2) is 22.1 Å². The van der Waals surface area contributed by atoms with E-state index in [2.05, 4.69) is 214 Å². The van der Waals surface area contributed by atoms with Crippen molar-refractivity contribution in [3.05, 3.63) is 206 Å². The van der Waals surface area contributed by atoms with Crippen LogP contribution >= 0.6 is 0 Å². The summed E-state index contributed by atoms with van der Waals surface area (Å²) in [6, 6.07) is 71.7. The lowest BCUT2D eigenvalue weighted by Crippen LogP contribution is -2.16. The predicted octanol–water partition coefficient (Wildman–Crippen LogP) is 16.4. The van der Waals surface area contributed by atoms with Crippen molar-refractivity contribution in [2.24, 2.45) is 0 Å². The van der Waals surface area contributed by atoms with Gasteiger partial charge in [-0.25, -0.2) is 19.9 Å². The molecule has 4 saturated heterocycles. The second-order valence-electron chi connectivity index (χ2n) is 26.7. The third-order valence-corrected chi connectivity index (χ3v) is 17.5. The summed E-state index contributed by atoms with van der Waals surface area (Å²) in [7, 11) is -12.0. The van der Waals surface area contributed by atoms with Crippen LogP contribution in [0.3, 0.4) is 0 Å². The highest BCUT2D eigenvalue weighted by atomic mass is 19.5. The molecule has 0 atom stereocenters. The van der Waals surface area contributed by atoms with E-state index in [0.29, 0.717) is 211 Å². The second-order valence-corrected chi connectivity index (χ2v) is 26.7. The van der Waals surface area contributed by atoms with Gasteiger partial charge in [0.2, 0.25) is 0 Å². The van der Waals surface area contributed by atoms with E-state index >= 15 is 0 Å². The van der Waals surface area contributed by atoms with Crippen molar-refractivity contribution in [2.45, 2.75) is 25.7 Å². The Morgan fingerprint density at radius 2 is 0.320 bits per heavy atom. The molecule has 0 unspecified atom stereocenters. The van der Waals surface area contributed by atoms with Crippen molar-refractivity contribution in [1.29, 1.82) is 0 Å². The van der Waals surface area contributed by atoms with Crippen molar-refractivity contribution in [3.63, 3.8) is 0 Å². The molecule has 0 bridgehead atoms.